The molecule has 0 unspecified atom stereocenters. The number of aromatic nitrogens is 2. The fourth-order valence-corrected chi connectivity index (χ4v) is 1.69. The molecule has 88 valence electrons. The van der Waals surface area contributed by atoms with Gasteiger partial charge >= 0.3 is 0 Å². The summed E-state index contributed by atoms with van der Waals surface area (Å²) in [5.74, 6) is 0.687. The van der Waals surface area contributed by atoms with E-state index in [0.717, 1.165) is 18.0 Å². The molecule has 0 fully saturated rings. The van der Waals surface area contributed by atoms with Gasteiger partial charge in [-0.05, 0) is 24.1 Å². The van der Waals surface area contributed by atoms with Gasteiger partial charge in [0, 0.05) is 11.6 Å². The Hall–Kier alpha value is -1.32. The molecule has 0 atom stereocenters. The topological polar surface area (TPSA) is 37.8 Å². The highest BCUT2D eigenvalue weighted by Gasteiger charge is 1.97. The minimum Gasteiger partial charge on any atom is -0.368 e. The van der Waals surface area contributed by atoms with E-state index in [1.165, 1.54) is 11.8 Å². The summed E-state index contributed by atoms with van der Waals surface area (Å²) in [4.78, 5) is 8.04. The molecule has 17 heavy (non-hydrogen) atoms. The number of nitrogens with zero attached hydrogens (tertiary/aromatic N) is 2. The zero-order valence-electron chi connectivity index (χ0n) is 9.03. The molecule has 0 bridgehead atoms. The van der Waals surface area contributed by atoms with E-state index in [1.807, 2.05) is 24.3 Å². The summed E-state index contributed by atoms with van der Waals surface area (Å²) in [6.07, 6.45) is 4.05. The summed E-state index contributed by atoms with van der Waals surface area (Å²) in [5, 5.41) is 4.30. The first kappa shape index (κ1) is 12.1. The van der Waals surface area contributed by atoms with Gasteiger partial charge in [0.05, 0.1) is 12.4 Å². The van der Waals surface area contributed by atoms with E-state index >= 15 is 0 Å². The molecule has 5 heteroatoms. The van der Waals surface area contributed by atoms with Crippen LogP contribution in [0.5, 0.6) is 0 Å². The first-order chi connectivity index (χ1) is 8.24. The van der Waals surface area contributed by atoms with Crippen molar-refractivity contribution in [3.63, 3.8) is 0 Å². The lowest BCUT2D eigenvalue weighted by molar-refractivity contribution is 1.000. The van der Waals surface area contributed by atoms with Gasteiger partial charge in [0.15, 0.2) is 0 Å². The number of hydrogen-bond acceptors (Lipinski definition) is 3. The molecule has 0 saturated carbocycles. The highest BCUT2D eigenvalue weighted by atomic mass is 35.5. The molecule has 0 aliphatic carbocycles. The smallest absolute Gasteiger partial charge is 0.149 e. The molecule has 0 aliphatic heterocycles. The first-order valence-corrected chi connectivity index (χ1v) is 5.95. The Bertz CT molecular complexity index is 485. The van der Waals surface area contributed by atoms with E-state index in [1.54, 1.807) is 6.20 Å². The Morgan fingerprint density at radius 3 is 2.53 bits per heavy atom. The summed E-state index contributed by atoms with van der Waals surface area (Å²) in [6, 6.07) is 7.79. The van der Waals surface area contributed by atoms with E-state index in [2.05, 4.69) is 15.3 Å². The fraction of sp³-hybridized carbons (Fsp3) is 0.167. The van der Waals surface area contributed by atoms with Crippen LogP contribution >= 0.6 is 23.2 Å². The average molecular weight is 268 g/mol. The number of anilines is 1. The van der Waals surface area contributed by atoms with Crippen molar-refractivity contribution in [2.75, 3.05) is 11.9 Å². The van der Waals surface area contributed by atoms with Gasteiger partial charge in [-0.15, -0.1) is 0 Å². The molecule has 1 N–H and O–H groups in total. The maximum atomic E-state index is 5.81. The van der Waals surface area contributed by atoms with Crippen LogP contribution < -0.4 is 5.32 Å². The molecule has 0 spiro atoms. The Labute approximate surface area is 110 Å². The summed E-state index contributed by atoms with van der Waals surface area (Å²) in [5.41, 5.74) is 1.22. The first-order valence-electron chi connectivity index (χ1n) is 5.20. The lowest BCUT2D eigenvalue weighted by Gasteiger charge is -2.05. The van der Waals surface area contributed by atoms with Crippen molar-refractivity contribution in [1.29, 1.82) is 0 Å². The Balaban J connectivity index is 1.85. The van der Waals surface area contributed by atoms with E-state index < -0.39 is 0 Å². The summed E-state index contributed by atoms with van der Waals surface area (Å²) >= 11 is 11.5. The van der Waals surface area contributed by atoms with Crippen molar-refractivity contribution in [1.82, 2.24) is 9.97 Å². The Kier molecular flexibility index (Phi) is 4.18. The van der Waals surface area contributed by atoms with E-state index in [0.29, 0.717) is 11.0 Å². The van der Waals surface area contributed by atoms with Crippen LogP contribution in [-0.2, 0) is 6.42 Å². The maximum absolute atomic E-state index is 5.81. The predicted octanol–water partition coefficient (Wildman–Crippen LogP) is 3.44. The molecule has 1 heterocycles. The van der Waals surface area contributed by atoms with Crippen molar-refractivity contribution < 1.29 is 0 Å². The predicted molar refractivity (Wildman–Crippen MR) is 70.7 cm³/mol. The normalized spacial score (nSPS) is 10.2. The summed E-state index contributed by atoms with van der Waals surface area (Å²) in [7, 11) is 0. The van der Waals surface area contributed by atoms with Gasteiger partial charge in [-0.3, -0.25) is 4.98 Å². The highest BCUT2D eigenvalue weighted by molar-refractivity contribution is 6.30. The lowest BCUT2D eigenvalue weighted by Crippen LogP contribution is -2.06. The van der Waals surface area contributed by atoms with Crippen molar-refractivity contribution in [3.05, 3.63) is 52.4 Å². The lowest BCUT2D eigenvalue weighted by atomic mass is 10.1. The minimum atomic E-state index is 0.390. The van der Waals surface area contributed by atoms with Gasteiger partial charge in [0.25, 0.3) is 0 Å². The van der Waals surface area contributed by atoms with Crippen LogP contribution in [0.15, 0.2) is 36.7 Å². The quantitative estimate of drug-likeness (QED) is 0.923. The molecule has 0 radical (unpaired) electrons. The zero-order chi connectivity index (χ0) is 12.1. The van der Waals surface area contributed by atoms with Gasteiger partial charge in [0.1, 0.15) is 11.0 Å². The van der Waals surface area contributed by atoms with Gasteiger partial charge in [-0.2, -0.15) is 0 Å². The van der Waals surface area contributed by atoms with E-state index in [4.69, 9.17) is 23.2 Å². The van der Waals surface area contributed by atoms with Crippen LogP contribution in [0.4, 0.5) is 5.82 Å². The Morgan fingerprint density at radius 1 is 1.06 bits per heavy atom. The number of rotatable bonds is 4. The highest BCUT2D eigenvalue weighted by Crippen LogP contribution is 2.10. The molecule has 0 saturated heterocycles. The summed E-state index contributed by atoms with van der Waals surface area (Å²) in [6.45, 7) is 0.774. The third-order valence-electron chi connectivity index (χ3n) is 2.24. The van der Waals surface area contributed by atoms with E-state index in [9.17, 15) is 0 Å². The van der Waals surface area contributed by atoms with Crippen LogP contribution in [0.2, 0.25) is 10.2 Å². The molecule has 0 amide bonds. The second-order valence-electron chi connectivity index (χ2n) is 3.53. The van der Waals surface area contributed by atoms with Gasteiger partial charge < -0.3 is 5.32 Å². The average Bonchev–Trinajstić information content (AvgIpc) is 2.32. The van der Waals surface area contributed by atoms with Crippen LogP contribution in [0.1, 0.15) is 5.56 Å². The molecule has 3 nitrogen and oxygen atoms in total. The standard InChI is InChI=1S/C12H11Cl2N3/c13-10-3-1-9(2-4-10)5-6-16-12-8-15-7-11(14)17-12/h1-4,7-8H,5-6H2,(H,16,17). The number of hydrogen-bond donors (Lipinski definition) is 1. The molecule has 2 aromatic rings. The number of benzene rings is 1. The number of nitrogens with one attached hydrogen (secondary N) is 1. The van der Waals surface area contributed by atoms with Crippen LogP contribution in [0.25, 0.3) is 0 Å². The van der Waals surface area contributed by atoms with Crippen molar-refractivity contribution in [2.45, 2.75) is 6.42 Å². The van der Waals surface area contributed by atoms with Crippen molar-refractivity contribution in [2.24, 2.45) is 0 Å². The van der Waals surface area contributed by atoms with Crippen LogP contribution in [-0.4, -0.2) is 16.5 Å². The monoisotopic (exact) mass is 267 g/mol. The van der Waals surface area contributed by atoms with Crippen LogP contribution in [0.3, 0.4) is 0 Å². The number of halogens is 2. The van der Waals surface area contributed by atoms with Crippen molar-refractivity contribution >= 4 is 29.0 Å². The van der Waals surface area contributed by atoms with E-state index in [-0.39, 0.29) is 0 Å². The Morgan fingerprint density at radius 2 is 1.82 bits per heavy atom. The molecule has 0 aliphatic rings. The van der Waals surface area contributed by atoms with Crippen LogP contribution in [0, 0.1) is 0 Å². The molecule has 1 aromatic heterocycles. The van der Waals surface area contributed by atoms with Gasteiger partial charge in [-0.25, -0.2) is 4.98 Å². The molecular weight excluding hydrogens is 257 g/mol. The molecule has 1 aromatic carbocycles. The maximum Gasteiger partial charge on any atom is 0.149 e. The fourth-order valence-electron chi connectivity index (χ4n) is 1.41. The minimum absolute atomic E-state index is 0.390. The second-order valence-corrected chi connectivity index (χ2v) is 4.35. The SMILES string of the molecule is Clc1ccc(CCNc2cncc(Cl)n2)cc1. The van der Waals surface area contributed by atoms with Crippen molar-refractivity contribution in [3.8, 4) is 0 Å². The summed E-state index contributed by atoms with van der Waals surface area (Å²) < 4.78 is 0. The van der Waals surface area contributed by atoms with Gasteiger partial charge in [0.2, 0.25) is 0 Å². The molecule has 2 rings (SSSR count). The third kappa shape index (κ3) is 3.88. The zero-order valence-corrected chi connectivity index (χ0v) is 10.5. The largest absolute Gasteiger partial charge is 0.368 e. The second kappa shape index (κ2) is 5.84. The third-order valence-corrected chi connectivity index (χ3v) is 2.67. The molecular formula is C12H11Cl2N3. The van der Waals surface area contributed by atoms with Gasteiger partial charge in [-0.1, -0.05) is 35.3 Å².